The maximum atomic E-state index is 13.8. The smallest absolute Gasteiger partial charge is 0.433 e. The van der Waals surface area contributed by atoms with Crippen molar-refractivity contribution in [1.82, 2.24) is 4.57 Å². The van der Waals surface area contributed by atoms with E-state index in [-0.39, 0.29) is 22.5 Å². The summed E-state index contributed by atoms with van der Waals surface area (Å²) in [4.78, 5) is 42.7. The van der Waals surface area contributed by atoms with E-state index < -0.39 is 28.4 Å². The monoisotopic (exact) mass is 531 g/mol. The van der Waals surface area contributed by atoms with Crippen LogP contribution in [0.2, 0.25) is 0 Å². The fourth-order valence-electron chi connectivity index (χ4n) is 4.21. The van der Waals surface area contributed by atoms with Crippen molar-refractivity contribution in [2.24, 2.45) is 4.99 Å². The molecule has 0 fully saturated rings. The number of benzene rings is 2. The Bertz CT molecular complexity index is 1750. The highest BCUT2D eigenvalue weighted by molar-refractivity contribution is 7.07. The molecule has 0 saturated heterocycles. The molecule has 11 heteroatoms. The number of hydrogen-bond acceptors (Lipinski definition) is 9. The van der Waals surface area contributed by atoms with Gasteiger partial charge in [0.05, 0.1) is 41.6 Å². The first-order chi connectivity index (χ1) is 18.4. The number of fused-ring (bicyclic) bond motifs is 1. The van der Waals surface area contributed by atoms with E-state index in [1.165, 1.54) is 29.9 Å². The highest BCUT2D eigenvalue weighted by atomic mass is 32.1. The molecule has 0 radical (unpaired) electrons. The number of furan rings is 1. The van der Waals surface area contributed by atoms with Crippen LogP contribution in [-0.2, 0) is 9.53 Å². The Hall–Kier alpha value is -4.77. The molecule has 0 bridgehead atoms. The summed E-state index contributed by atoms with van der Waals surface area (Å²) in [5.41, 5.74) is 1.46. The lowest BCUT2D eigenvalue weighted by Gasteiger charge is -2.26. The van der Waals surface area contributed by atoms with Gasteiger partial charge in [0, 0.05) is 11.6 Å². The zero-order valence-electron chi connectivity index (χ0n) is 20.3. The van der Waals surface area contributed by atoms with E-state index in [1.54, 1.807) is 31.2 Å². The van der Waals surface area contributed by atoms with Gasteiger partial charge in [0.25, 0.3) is 5.56 Å². The maximum Gasteiger partial charge on any atom is 0.433 e. The Morgan fingerprint density at radius 2 is 1.97 bits per heavy atom. The van der Waals surface area contributed by atoms with Gasteiger partial charge in [-0.1, -0.05) is 53.8 Å². The summed E-state index contributed by atoms with van der Waals surface area (Å²) in [6.45, 7) is 1.84. The largest absolute Gasteiger partial charge is 0.497 e. The van der Waals surface area contributed by atoms with Gasteiger partial charge in [-0.3, -0.25) is 19.5 Å². The second kappa shape index (κ2) is 10.3. The molecule has 0 N–H and O–H groups in total. The summed E-state index contributed by atoms with van der Waals surface area (Å²) in [6.07, 6.45) is 1.43. The first kappa shape index (κ1) is 24.9. The number of hydrogen-bond donors (Lipinski definition) is 0. The molecule has 1 aliphatic heterocycles. The molecule has 0 unspecified atom stereocenters. The van der Waals surface area contributed by atoms with Crippen molar-refractivity contribution >= 4 is 35.0 Å². The minimum Gasteiger partial charge on any atom is -0.497 e. The normalized spacial score (nSPS) is 15.1. The summed E-state index contributed by atoms with van der Waals surface area (Å²) >= 11 is 1.09. The minimum atomic E-state index is -0.872. The quantitative estimate of drug-likeness (QED) is 0.203. The molecule has 0 spiro atoms. The van der Waals surface area contributed by atoms with Crippen LogP contribution in [0.25, 0.3) is 11.8 Å². The van der Waals surface area contributed by atoms with Gasteiger partial charge in [0.15, 0.2) is 4.80 Å². The Labute approximate surface area is 219 Å². The molecular weight excluding hydrogens is 510 g/mol. The molecule has 0 saturated carbocycles. The number of ether oxygens (including phenoxy) is 2. The number of esters is 1. The highest BCUT2D eigenvalue weighted by Crippen LogP contribution is 2.36. The van der Waals surface area contributed by atoms with Crippen molar-refractivity contribution in [2.45, 2.75) is 13.0 Å². The van der Waals surface area contributed by atoms with E-state index in [0.29, 0.717) is 27.4 Å². The molecule has 2 aromatic carbocycles. The minimum absolute atomic E-state index is 0.136. The Kier molecular flexibility index (Phi) is 6.75. The second-order valence-corrected chi connectivity index (χ2v) is 9.15. The molecule has 0 aliphatic carbocycles. The van der Waals surface area contributed by atoms with Gasteiger partial charge < -0.3 is 13.9 Å². The Morgan fingerprint density at radius 3 is 2.66 bits per heavy atom. The zero-order chi connectivity index (χ0) is 26.8. The molecule has 3 heterocycles. The fraction of sp³-hybridized carbons (Fsp3) is 0.148. The van der Waals surface area contributed by atoms with Crippen molar-refractivity contribution < 1.29 is 23.6 Å². The first-order valence-electron chi connectivity index (χ1n) is 11.6. The lowest BCUT2D eigenvalue weighted by atomic mass is 9.93. The predicted molar refractivity (Wildman–Crippen MR) is 139 cm³/mol. The van der Waals surface area contributed by atoms with Crippen LogP contribution < -0.4 is 19.6 Å². The van der Waals surface area contributed by atoms with Crippen molar-refractivity contribution in [2.75, 3.05) is 13.7 Å². The molecular formula is C27H21N3O7S. The van der Waals surface area contributed by atoms with Crippen LogP contribution in [0.15, 0.2) is 86.5 Å². The summed E-state index contributed by atoms with van der Waals surface area (Å²) < 4.78 is 17.7. The number of carbonyl (C=O) groups is 1. The van der Waals surface area contributed by atoms with E-state index >= 15 is 0 Å². The number of methoxy groups -OCH3 is 1. The molecule has 5 rings (SSSR count). The predicted octanol–water partition coefficient (Wildman–Crippen LogP) is 3.45. The van der Waals surface area contributed by atoms with Gasteiger partial charge in [0.2, 0.25) is 0 Å². The molecule has 1 aliphatic rings. The fourth-order valence-corrected chi connectivity index (χ4v) is 5.20. The summed E-state index contributed by atoms with van der Waals surface area (Å²) in [5.74, 6) is -0.338. The average Bonchev–Trinajstić information content (AvgIpc) is 3.53. The van der Waals surface area contributed by atoms with Crippen LogP contribution in [0.4, 0.5) is 5.88 Å². The molecule has 4 aromatic rings. The number of nitro groups is 1. The maximum absolute atomic E-state index is 13.8. The third-order valence-corrected chi connectivity index (χ3v) is 6.83. The van der Waals surface area contributed by atoms with Crippen molar-refractivity contribution in [3.8, 4) is 5.75 Å². The van der Waals surface area contributed by atoms with Gasteiger partial charge in [0.1, 0.15) is 16.4 Å². The van der Waals surface area contributed by atoms with Gasteiger partial charge in [-0.05, 0) is 30.7 Å². The lowest BCUT2D eigenvalue weighted by molar-refractivity contribution is -0.402. The topological polar surface area (TPSA) is 126 Å². The average molecular weight is 532 g/mol. The molecule has 0 amide bonds. The highest BCUT2D eigenvalue weighted by Gasteiger charge is 2.35. The standard InChI is InChI=1S/C27H21N3O7S/c1-3-36-26(32)22-23(16-8-5-4-6-9-16)28-27-29(24(22)17-10-7-11-18(14-17)35-2)25(31)20(38-27)15-19-12-13-21(37-19)30(33)34/h4-15,24H,3H2,1-2H3/b20-15-/t24-/m1/s1. The van der Waals surface area contributed by atoms with Crippen LogP contribution >= 0.6 is 11.3 Å². The van der Waals surface area contributed by atoms with Gasteiger partial charge in [-0.2, -0.15) is 0 Å². The SMILES string of the molecule is CCOC(=O)C1=C(c2ccccc2)N=c2s/c(=C\c3ccc([N+](=O)[O-])o3)c(=O)n2[C@@H]1c1cccc(OC)c1. The van der Waals surface area contributed by atoms with Crippen LogP contribution in [0.3, 0.4) is 0 Å². The van der Waals surface area contributed by atoms with Crippen LogP contribution in [0, 0.1) is 10.1 Å². The molecule has 2 aromatic heterocycles. The van der Waals surface area contributed by atoms with E-state index in [9.17, 15) is 19.7 Å². The number of thiazole rings is 1. The molecule has 1 atom stereocenters. The molecule has 10 nitrogen and oxygen atoms in total. The number of carbonyl (C=O) groups excluding carboxylic acids is 1. The lowest BCUT2D eigenvalue weighted by Crippen LogP contribution is -2.40. The van der Waals surface area contributed by atoms with Crippen molar-refractivity contribution in [3.05, 3.63) is 119 Å². The summed E-state index contributed by atoms with van der Waals surface area (Å²) in [7, 11) is 1.53. The van der Waals surface area contributed by atoms with E-state index in [1.807, 2.05) is 30.3 Å². The van der Waals surface area contributed by atoms with Crippen LogP contribution in [0.1, 0.15) is 29.9 Å². The third kappa shape index (κ3) is 4.55. The van der Waals surface area contributed by atoms with E-state index in [0.717, 1.165) is 11.3 Å². The summed E-state index contributed by atoms with van der Waals surface area (Å²) in [6, 6.07) is 18.0. The van der Waals surface area contributed by atoms with Crippen molar-refractivity contribution in [3.63, 3.8) is 0 Å². The first-order valence-corrected chi connectivity index (χ1v) is 12.4. The van der Waals surface area contributed by atoms with Crippen molar-refractivity contribution in [1.29, 1.82) is 0 Å². The Morgan fingerprint density at radius 1 is 1.18 bits per heavy atom. The van der Waals surface area contributed by atoms with Gasteiger partial charge >= 0.3 is 11.9 Å². The number of nitrogens with zero attached hydrogens (tertiary/aromatic N) is 3. The van der Waals surface area contributed by atoms with E-state index in [2.05, 4.69) is 0 Å². The molecule has 192 valence electrons. The van der Waals surface area contributed by atoms with Gasteiger partial charge in [-0.25, -0.2) is 9.79 Å². The number of aromatic nitrogens is 1. The number of rotatable bonds is 7. The zero-order valence-corrected chi connectivity index (χ0v) is 21.1. The van der Waals surface area contributed by atoms with Crippen LogP contribution in [-0.4, -0.2) is 29.2 Å². The molecule has 38 heavy (non-hydrogen) atoms. The summed E-state index contributed by atoms with van der Waals surface area (Å²) in [5, 5.41) is 11.0. The Balaban J connectivity index is 1.82. The second-order valence-electron chi connectivity index (χ2n) is 8.14. The van der Waals surface area contributed by atoms with Gasteiger partial charge in [-0.15, -0.1) is 0 Å². The van der Waals surface area contributed by atoms with E-state index in [4.69, 9.17) is 18.9 Å². The van der Waals surface area contributed by atoms with Crippen LogP contribution in [0.5, 0.6) is 5.75 Å². The third-order valence-electron chi connectivity index (χ3n) is 5.85.